The Labute approximate surface area is 111 Å². The van der Waals surface area contributed by atoms with Crippen LogP contribution in [-0.2, 0) is 0 Å². The van der Waals surface area contributed by atoms with Crippen molar-refractivity contribution < 1.29 is 4.74 Å². The number of hydrogen-bond acceptors (Lipinski definition) is 4. The van der Waals surface area contributed by atoms with Crippen LogP contribution in [-0.4, -0.2) is 22.3 Å². The van der Waals surface area contributed by atoms with Crippen molar-refractivity contribution in [2.24, 2.45) is 0 Å². The van der Waals surface area contributed by atoms with Crippen LogP contribution in [0.2, 0.25) is 5.15 Å². The number of ether oxygens (including phenoxy) is 1. The van der Waals surface area contributed by atoms with Crippen molar-refractivity contribution in [1.82, 2.24) is 15.2 Å². The van der Waals surface area contributed by atoms with Crippen LogP contribution in [0, 0.1) is 0 Å². The number of halogens is 1. The quantitative estimate of drug-likeness (QED) is 0.852. The smallest absolute Gasteiger partial charge is 0.159 e. The fourth-order valence-electron chi connectivity index (χ4n) is 1.77. The molecule has 0 fully saturated rings. The maximum atomic E-state index is 6.02. The van der Waals surface area contributed by atoms with Gasteiger partial charge in [-0.3, -0.25) is 0 Å². The second-order valence-electron chi connectivity index (χ2n) is 4.21. The van der Waals surface area contributed by atoms with Gasteiger partial charge >= 0.3 is 0 Å². The second-order valence-corrected chi connectivity index (χ2v) is 4.57. The molecule has 1 aromatic carbocycles. The van der Waals surface area contributed by atoms with E-state index in [0.29, 0.717) is 16.8 Å². The van der Waals surface area contributed by atoms with Gasteiger partial charge in [-0.1, -0.05) is 25.4 Å². The molecule has 0 bridgehead atoms. The van der Waals surface area contributed by atoms with Gasteiger partial charge < -0.3 is 4.74 Å². The summed E-state index contributed by atoms with van der Waals surface area (Å²) in [6.45, 7) is 4.22. The molecule has 0 saturated carbocycles. The maximum Gasteiger partial charge on any atom is 0.159 e. The summed E-state index contributed by atoms with van der Waals surface area (Å²) in [6.07, 6.45) is 1.33. The maximum absolute atomic E-state index is 6.02. The van der Waals surface area contributed by atoms with Gasteiger partial charge in [0.2, 0.25) is 0 Å². The third kappa shape index (κ3) is 2.43. The number of aromatic nitrogens is 3. The van der Waals surface area contributed by atoms with Crippen LogP contribution in [0.3, 0.4) is 0 Å². The summed E-state index contributed by atoms with van der Waals surface area (Å²) in [7, 11) is 1.66. The molecule has 0 amide bonds. The molecule has 5 heteroatoms. The van der Waals surface area contributed by atoms with Gasteiger partial charge in [-0.2, -0.15) is 0 Å². The van der Waals surface area contributed by atoms with E-state index in [2.05, 4.69) is 29.0 Å². The van der Waals surface area contributed by atoms with Crippen LogP contribution in [0.25, 0.3) is 11.3 Å². The summed E-state index contributed by atoms with van der Waals surface area (Å²) in [5.74, 6) is 1.21. The van der Waals surface area contributed by atoms with Crippen molar-refractivity contribution in [3.05, 3.63) is 35.2 Å². The van der Waals surface area contributed by atoms with Crippen LogP contribution in [0.15, 0.2) is 24.5 Å². The second kappa shape index (κ2) is 5.31. The third-order valence-corrected chi connectivity index (χ3v) is 2.98. The first-order chi connectivity index (χ1) is 8.63. The Kier molecular flexibility index (Phi) is 3.77. The molecular formula is C13H14ClN3O. The lowest BCUT2D eigenvalue weighted by Gasteiger charge is -2.13. The average molecular weight is 264 g/mol. The summed E-state index contributed by atoms with van der Waals surface area (Å²) in [6, 6.07) is 5.83. The molecule has 0 spiro atoms. The number of nitrogens with zero attached hydrogens (tertiary/aromatic N) is 3. The molecular weight excluding hydrogens is 250 g/mol. The van der Waals surface area contributed by atoms with E-state index in [9.17, 15) is 0 Å². The Hall–Kier alpha value is -1.68. The van der Waals surface area contributed by atoms with Crippen molar-refractivity contribution in [2.45, 2.75) is 19.8 Å². The molecule has 0 aliphatic rings. The van der Waals surface area contributed by atoms with Gasteiger partial charge in [0.1, 0.15) is 17.8 Å². The molecule has 1 aromatic heterocycles. The molecule has 0 unspecified atom stereocenters. The highest BCUT2D eigenvalue weighted by atomic mass is 35.5. The Balaban J connectivity index is 2.54. The highest BCUT2D eigenvalue weighted by molar-refractivity contribution is 6.31. The number of methoxy groups -OCH3 is 1. The van der Waals surface area contributed by atoms with Gasteiger partial charge in [0.25, 0.3) is 0 Å². The average Bonchev–Trinajstić information content (AvgIpc) is 2.38. The standard InChI is InChI=1S/C13H14ClN3O/c1-8(2)10-6-9(4-5-11(10)18-3)12-13(14)15-7-16-17-12/h4-8H,1-3H3. The molecule has 0 saturated heterocycles. The van der Waals surface area contributed by atoms with Gasteiger partial charge in [0, 0.05) is 5.56 Å². The van der Waals surface area contributed by atoms with E-state index in [1.165, 1.54) is 6.33 Å². The largest absolute Gasteiger partial charge is 0.496 e. The topological polar surface area (TPSA) is 47.9 Å². The van der Waals surface area contributed by atoms with Gasteiger partial charge in [-0.15, -0.1) is 10.2 Å². The minimum Gasteiger partial charge on any atom is -0.496 e. The zero-order valence-corrected chi connectivity index (χ0v) is 11.3. The normalized spacial score (nSPS) is 10.7. The van der Waals surface area contributed by atoms with E-state index < -0.39 is 0 Å². The van der Waals surface area contributed by atoms with Crippen molar-refractivity contribution >= 4 is 11.6 Å². The van der Waals surface area contributed by atoms with Crippen LogP contribution < -0.4 is 4.74 Å². The molecule has 0 N–H and O–H groups in total. The van der Waals surface area contributed by atoms with Crippen LogP contribution in [0.4, 0.5) is 0 Å². The highest BCUT2D eigenvalue weighted by Gasteiger charge is 2.12. The molecule has 0 atom stereocenters. The number of benzene rings is 1. The summed E-state index contributed by atoms with van der Waals surface area (Å²) in [5.41, 5.74) is 2.59. The molecule has 4 nitrogen and oxygen atoms in total. The molecule has 18 heavy (non-hydrogen) atoms. The molecule has 94 valence electrons. The summed E-state index contributed by atoms with van der Waals surface area (Å²) >= 11 is 6.02. The number of hydrogen-bond donors (Lipinski definition) is 0. The first-order valence-corrected chi connectivity index (χ1v) is 6.02. The Bertz CT molecular complexity index is 558. The molecule has 0 radical (unpaired) electrons. The highest BCUT2D eigenvalue weighted by Crippen LogP contribution is 2.32. The predicted molar refractivity (Wildman–Crippen MR) is 70.9 cm³/mol. The Morgan fingerprint density at radius 3 is 2.67 bits per heavy atom. The minimum atomic E-state index is 0.350. The molecule has 0 aliphatic carbocycles. The first kappa shape index (κ1) is 12.8. The zero-order valence-electron chi connectivity index (χ0n) is 10.5. The first-order valence-electron chi connectivity index (χ1n) is 5.65. The number of rotatable bonds is 3. The summed E-state index contributed by atoms with van der Waals surface area (Å²) in [4.78, 5) is 3.93. The van der Waals surface area contributed by atoms with Crippen molar-refractivity contribution in [1.29, 1.82) is 0 Å². The van der Waals surface area contributed by atoms with Gasteiger partial charge in [-0.25, -0.2) is 4.98 Å². The van der Waals surface area contributed by atoms with Crippen LogP contribution >= 0.6 is 11.6 Å². The fourth-order valence-corrected chi connectivity index (χ4v) is 1.96. The Morgan fingerprint density at radius 1 is 1.28 bits per heavy atom. The van der Waals surface area contributed by atoms with Crippen LogP contribution in [0.5, 0.6) is 5.75 Å². The SMILES string of the molecule is COc1ccc(-c2nncnc2Cl)cc1C(C)C. The van der Waals surface area contributed by atoms with Gasteiger partial charge in [0.15, 0.2) is 5.15 Å². The third-order valence-electron chi connectivity index (χ3n) is 2.70. The summed E-state index contributed by atoms with van der Waals surface area (Å²) < 4.78 is 5.34. The predicted octanol–water partition coefficient (Wildman–Crippen LogP) is 3.32. The van der Waals surface area contributed by atoms with E-state index in [1.807, 2.05) is 18.2 Å². The molecule has 0 aliphatic heterocycles. The molecule has 2 aromatic rings. The summed E-state index contributed by atoms with van der Waals surface area (Å²) in [5, 5.41) is 8.13. The monoisotopic (exact) mass is 263 g/mol. The molecule has 2 rings (SSSR count). The fraction of sp³-hybridized carbons (Fsp3) is 0.308. The van der Waals surface area contributed by atoms with E-state index in [-0.39, 0.29) is 0 Å². The lowest BCUT2D eigenvalue weighted by Crippen LogP contribution is -1.97. The lowest BCUT2D eigenvalue weighted by atomic mass is 9.98. The van der Waals surface area contributed by atoms with Gasteiger partial charge in [-0.05, 0) is 29.7 Å². The van der Waals surface area contributed by atoms with Crippen LogP contribution in [0.1, 0.15) is 25.3 Å². The minimum absolute atomic E-state index is 0.350. The van der Waals surface area contributed by atoms with Crippen molar-refractivity contribution in [3.63, 3.8) is 0 Å². The Morgan fingerprint density at radius 2 is 2.06 bits per heavy atom. The zero-order chi connectivity index (χ0) is 13.1. The van der Waals surface area contributed by atoms with Crippen molar-refractivity contribution in [2.75, 3.05) is 7.11 Å². The van der Waals surface area contributed by atoms with Gasteiger partial charge in [0.05, 0.1) is 7.11 Å². The van der Waals surface area contributed by atoms with Crippen molar-refractivity contribution in [3.8, 4) is 17.0 Å². The lowest BCUT2D eigenvalue weighted by molar-refractivity contribution is 0.407. The van der Waals surface area contributed by atoms with E-state index >= 15 is 0 Å². The van der Waals surface area contributed by atoms with E-state index in [1.54, 1.807) is 7.11 Å². The van der Waals surface area contributed by atoms with E-state index in [0.717, 1.165) is 16.9 Å². The van der Waals surface area contributed by atoms with E-state index in [4.69, 9.17) is 16.3 Å². The molecule has 1 heterocycles.